The Morgan fingerprint density at radius 2 is 1.81 bits per heavy atom. The summed E-state index contributed by atoms with van der Waals surface area (Å²) in [6, 6.07) is 8.44. The minimum atomic E-state index is -0.901. The highest BCUT2D eigenvalue weighted by atomic mass is 35.5. The zero-order chi connectivity index (χ0) is 22.5. The van der Waals surface area contributed by atoms with E-state index in [2.05, 4.69) is 11.9 Å². The van der Waals surface area contributed by atoms with Crippen LogP contribution in [0.2, 0.25) is 4.34 Å². The van der Waals surface area contributed by atoms with E-state index in [1.807, 2.05) is 18.2 Å². The van der Waals surface area contributed by atoms with E-state index in [9.17, 15) is 19.5 Å². The molecule has 0 saturated carbocycles. The van der Waals surface area contributed by atoms with Crippen molar-refractivity contribution in [2.45, 2.75) is 31.7 Å². The summed E-state index contributed by atoms with van der Waals surface area (Å²) in [5.74, 6) is -1.47. The molecule has 0 bridgehead atoms. The van der Waals surface area contributed by atoms with Crippen LogP contribution in [0.3, 0.4) is 0 Å². The maximum absolute atomic E-state index is 12.7. The molecule has 9 heteroatoms. The maximum Gasteiger partial charge on any atom is 0.326 e. The van der Waals surface area contributed by atoms with Crippen molar-refractivity contribution in [3.63, 3.8) is 0 Å². The molecule has 1 fully saturated rings. The number of aliphatic carboxylic acids is 1. The van der Waals surface area contributed by atoms with Gasteiger partial charge in [0.1, 0.15) is 6.04 Å². The number of carboxylic acids is 1. The van der Waals surface area contributed by atoms with Crippen LogP contribution in [0, 0.1) is 0 Å². The van der Waals surface area contributed by atoms with Crippen LogP contribution in [0.4, 0.5) is 0 Å². The number of halogens is 1. The highest BCUT2D eigenvalue weighted by Gasteiger charge is 2.34. The number of nitrogens with two attached hydrogens (primary N) is 1. The Balaban J connectivity index is 0.000000254. The molecule has 0 spiro atoms. The number of fused-ring (bicyclic) bond motifs is 1. The van der Waals surface area contributed by atoms with Crippen molar-refractivity contribution in [2.75, 3.05) is 26.7 Å². The zero-order valence-electron chi connectivity index (χ0n) is 17.3. The molecule has 31 heavy (non-hydrogen) atoms. The number of likely N-dealkylation sites (N-methyl/N-ethyl adjacent to an activating group) is 1. The van der Waals surface area contributed by atoms with Crippen molar-refractivity contribution in [1.29, 1.82) is 0 Å². The maximum atomic E-state index is 12.7. The number of likely N-dealkylation sites (tertiary alicyclic amines) is 1. The van der Waals surface area contributed by atoms with Gasteiger partial charge in [-0.15, -0.1) is 11.3 Å². The fraction of sp³-hybridized carbons (Fsp3) is 0.409. The third kappa shape index (κ3) is 5.84. The zero-order valence-corrected chi connectivity index (χ0v) is 18.9. The van der Waals surface area contributed by atoms with Gasteiger partial charge < -0.3 is 20.6 Å². The monoisotopic (exact) mass is 463 g/mol. The van der Waals surface area contributed by atoms with Gasteiger partial charge in [0.15, 0.2) is 0 Å². The largest absolute Gasteiger partial charge is 0.480 e. The van der Waals surface area contributed by atoms with E-state index >= 15 is 0 Å². The normalized spacial score (nSPS) is 18.5. The van der Waals surface area contributed by atoms with Gasteiger partial charge in [0.25, 0.3) is 11.8 Å². The Kier molecular flexibility index (Phi) is 7.69. The summed E-state index contributed by atoms with van der Waals surface area (Å²) in [6.45, 7) is 2.56. The molecule has 0 aliphatic carbocycles. The van der Waals surface area contributed by atoms with Crippen molar-refractivity contribution in [3.05, 3.63) is 56.2 Å². The Bertz CT molecular complexity index is 977. The lowest BCUT2D eigenvalue weighted by Crippen LogP contribution is -2.40. The van der Waals surface area contributed by atoms with Gasteiger partial charge in [0, 0.05) is 25.2 Å². The van der Waals surface area contributed by atoms with Gasteiger partial charge in [-0.25, -0.2) is 4.79 Å². The van der Waals surface area contributed by atoms with Gasteiger partial charge in [-0.1, -0.05) is 17.7 Å². The molecule has 0 radical (unpaired) electrons. The first-order valence-electron chi connectivity index (χ1n) is 10.2. The van der Waals surface area contributed by atoms with Gasteiger partial charge >= 0.3 is 5.97 Å². The van der Waals surface area contributed by atoms with E-state index in [-0.39, 0.29) is 5.91 Å². The van der Waals surface area contributed by atoms with Gasteiger partial charge in [0.05, 0.1) is 9.21 Å². The highest BCUT2D eigenvalue weighted by Crippen LogP contribution is 2.23. The Hall–Kier alpha value is -2.42. The van der Waals surface area contributed by atoms with Gasteiger partial charge in [0.2, 0.25) is 0 Å². The van der Waals surface area contributed by atoms with E-state index in [1.165, 1.54) is 27.4 Å². The van der Waals surface area contributed by atoms with Crippen LogP contribution < -0.4 is 5.73 Å². The summed E-state index contributed by atoms with van der Waals surface area (Å²) in [4.78, 5) is 38.6. The van der Waals surface area contributed by atoms with Crippen molar-refractivity contribution >= 4 is 40.7 Å². The molecule has 166 valence electrons. The summed E-state index contributed by atoms with van der Waals surface area (Å²) in [5.41, 5.74) is 8.09. The second kappa shape index (κ2) is 10.3. The second-order valence-electron chi connectivity index (χ2n) is 7.75. The van der Waals surface area contributed by atoms with Gasteiger partial charge in [-0.05, 0) is 68.1 Å². The SMILES string of the molecule is CN1CCc2ccc(C(=O)N3CCC[C@H]3C(=O)O)cc2CC1.NC(=O)c1ccc(Cl)s1. The van der Waals surface area contributed by atoms with E-state index in [1.54, 1.807) is 12.1 Å². The molecule has 3 N–H and O–H groups in total. The number of amides is 2. The molecule has 1 aromatic heterocycles. The molecule has 2 amide bonds. The molecule has 0 unspecified atom stereocenters. The summed E-state index contributed by atoms with van der Waals surface area (Å²) < 4.78 is 0.587. The van der Waals surface area contributed by atoms with E-state index in [4.69, 9.17) is 17.3 Å². The molecule has 1 saturated heterocycles. The number of thiophene rings is 1. The predicted octanol–water partition coefficient (Wildman–Crippen LogP) is 2.91. The van der Waals surface area contributed by atoms with Crippen LogP contribution in [0.15, 0.2) is 30.3 Å². The van der Waals surface area contributed by atoms with Crippen LogP contribution in [0.1, 0.15) is 44.0 Å². The summed E-state index contributed by atoms with van der Waals surface area (Å²) in [7, 11) is 2.11. The molecule has 2 aliphatic heterocycles. The molecule has 7 nitrogen and oxygen atoms in total. The average Bonchev–Trinajstić information content (AvgIpc) is 3.36. The molecule has 2 aliphatic rings. The second-order valence-corrected chi connectivity index (χ2v) is 9.46. The third-order valence-corrected chi connectivity index (χ3v) is 6.84. The Morgan fingerprint density at radius 3 is 2.39 bits per heavy atom. The number of hydrogen-bond donors (Lipinski definition) is 2. The van der Waals surface area contributed by atoms with Crippen LogP contribution >= 0.6 is 22.9 Å². The van der Waals surface area contributed by atoms with Crippen LogP contribution in [0.25, 0.3) is 0 Å². The number of benzene rings is 1. The number of carbonyl (C=O) groups is 3. The van der Waals surface area contributed by atoms with E-state index < -0.39 is 17.9 Å². The molecule has 4 rings (SSSR count). The minimum absolute atomic E-state index is 0.148. The van der Waals surface area contributed by atoms with Gasteiger partial charge in [-0.2, -0.15) is 0 Å². The smallest absolute Gasteiger partial charge is 0.326 e. The predicted molar refractivity (Wildman–Crippen MR) is 121 cm³/mol. The van der Waals surface area contributed by atoms with Crippen LogP contribution in [0.5, 0.6) is 0 Å². The van der Waals surface area contributed by atoms with E-state index in [0.717, 1.165) is 32.4 Å². The number of primary amides is 1. The van der Waals surface area contributed by atoms with E-state index in [0.29, 0.717) is 27.7 Å². The average molecular weight is 464 g/mol. The summed E-state index contributed by atoms with van der Waals surface area (Å²) in [6.07, 6.45) is 3.26. The first kappa shape index (κ1) is 23.2. The Labute approximate surface area is 190 Å². The molecule has 1 atom stereocenters. The lowest BCUT2D eigenvalue weighted by molar-refractivity contribution is -0.141. The van der Waals surface area contributed by atoms with Crippen molar-refractivity contribution in [1.82, 2.24) is 9.80 Å². The molecule has 3 heterocycles. The summed E-state index contributed by atoms with van der Waals surface area (Å²) in [5, 5.41) is 9.24. The number of carboxylic acid groups (broad SMARTS) is 1. The van der Waals surface area contributed by atoms with Gasteiger partial charge in [-0.3, -0.25) is 9.59 Å². The van der Waals surface area contributed by atoms with Crippen molar-refractivity contribution < 1.29 is 19.5 Å². The van der Waals surface area contributed by atoms with Crippen molar-refractivity contribution in [2.24, 2.45) is 5.73 Å². The number of hydrogen-bond acceptors (Lipinski definition) is 5. The fourth-order valence-electron chi connectivity index (χ4n) is 3.85. The lowest BCUT2D eigenvalue weighted by atomic mass is 9.99. The third-order valence-electron chi connectivity index (χ3n) is 5.59. The molecule has 1 aromatic carbocycles. The quantitative estimate of drug-likeness (QED) is 0.728. The minimum Gasteiger partial charge on any atom is -0.480 e. The van der Waals surface area contributed by atoms with Crippen LogP contribution in [-0.4, -0.2) is 65.4 Å². The molecule has 2 aromatic rings. The fourth-order valence-corrected chi connectivity index (χ4v) is 4.74. The topological polar surface area (TPSA) is 104 Å². The Morgan fingerprint density at radius 1 is 1.10 bits per heavy atom. The standard InChI is InChI=1S/C17H22N2O3.C5H4ClNOS/c1-18-9-6-12-4-5-14(11-13(12)7-10-18)16(20)19-8-2-3-15(19)17(21)22;6-4-2-1-3(9-4)5(7)8/h4-5,11,15H,2-3,6-10H2,1H3,(H,21,22);1-2H,(H2,7,8)/t15-;/m0./s1. The van der Waals surface area contributed by atoms with Crippen LogP contribution in [-0.2, 0) is 17.6 Å². The summed E-state index contributed by atoms with van der Waals surface area (Å²) >= 11 is 6.70. The molecular weight excluding hydrogens is 438 g/mol. The number of carbonyl (C=O) groups excluding carboxylic acids is 2. The first-order valence-corrected chi connectivity index (χ1v) is 11.3. The molecular formula is C22H26ClN3O4S. The lowest BCUT2D eigenvalue weighted by Gasteiger charge is -2.22. The number of rotatable bonds is 3. The first-order chi connectivity index (χ1) is 14.8. The number of nitrogens with zero attached hydrogens (tertiary/aromatic N) is 2. The highest BCUT2D eigenvalue weighted by molar-refractivity contribution is 7.17. The van der Waals surface area contributed by atoms with Crippen molar-refractivity contribution in [3.8, 4) is 0 Å².